The Balaban J connectivity index is 2.25. The first-order valence-corrected chi connectivity index (χ1v) is 7.81. The van der Waals surface area contributed by atoms with Gasteiger partial charge in [-0.2, -0.15) is 0 Å². The van der Waals surface area contributed by atoms with Gasteiger partial charge in [-0.05, 0) is 38.8 Å². The first-order valence-electron chi connectivity index (χ1n) is 7.81. The molecule has 0 aromatic carbocycles. The first kappa shape index (κ1) is 17.0. The van der Waals surface area contributed by atoms with Crippen LogP contribution in [-0.2, 0) is 4.79 Å². The molecule has 0 radical (unpaired) electrons. The number of carbonyl (C=O) groups excluding carboxylic acids is 2. The molecule has 5 heteroatoms. The van der Waals surface area contributed by atoms with Crippen LogP contribution in [0.2, 0.25) is 0 Å². The van der Waals surface area contributed by atoms with Crippen molar-refractivity contribution < 1.29 is 9.59 Å². The van der Waals surface area contributed by atoms with E-state index in [9.17, 15) is 9.59 Å². The van der Waals surface area contributed by atoms with E-state index >= 15 is 0 Å². The number of urea groups is 1. The van der Waals surface area contributed by atoms with Gasteiger partial charge in [-0.3, -0.25) is 15.0 Å². The van der Waals surface area contributed by atoms with Gasteiger partial charge in [0.2, 0.25) is 5.91 Å². The Kier molecular flexibility index (Phi) is 7.59. The number of imide groups is 1. The summed E-state index contributed by atoms with van der Waals surface area (Å²) in [6.07, 6.45) is 6.73. The molecule has 2 N–H and O–H groups in total. The summed E-state index contributed by atoms with van der Waals surface area (Å²) in [7, 11) is 1.90. The van der Waals surface area contributed by atoms with Crippen molar-refractivity contribution in [3.05, 3.63) is 0 Å². The molecule has 1 fully saturated rings. The highest BCUT2D eigenvalue weighted by atomic mass is 16.2. The van der Waals surface area contributed by atoms with Crippen molar-refractivity contribution >= 4 is 11.9 Å². The Morgan fingerprint density at radius 1 is 1.25 bits per heavy atom. The van der Waals surface area contributed by atoms with E-state index in [2.05, 4.69) is 24.5 Å². The van der Waals surface area contributed by atoms with Gasteiger partial charge < -0.3 is 5.32 Å². The van der Waals surface area contributed by atoms with E-state index in [1.54, 1.807) is 0 Å². The van der Waals surface area contributed by atoms with Crippen LogP contribution in [0.3, 0.4) is 0 Å². The fraction of sp³-hybridized carbons (Fsp3) is 0.867. The van der Waals surface area contributed by atoms with E-state index in [0.29, 0.717) is 5.92 Å². The maximum atomic E-state index is 11.8. The predicted octanol–water partition coefficient (Wildman–Crippen LogP) is 2.12. The predicted molar refractivity (Wildman–Crippen MR) is 80.5 cm³/mol. The second kappa shape index (κ2) is 8.95. The zero-order valence-corrected chi connectivity index (χ0v) is 13.1. The number of likely N-dealkylation sites (N-methyl/N-ethyl adjacent to an activating group) is 1. The molecular formula is C15H29N3O2. The third kappa shape index (κ3) is 6.37. The third-order valence-corrected chi connectivity index (χ3v) is 3.99. The molecule has 20 heavy (non-hydrogen) atoms. The van der Waals surface area contributed by atoms with Gasteiger partial charge in [0, 0.05) is 6.04 Å². The molecule has 5 nitrogen and oxygen atoms in total. The van der Waals surface area contributed by atoms with E-state index in [1.807, 2.05) is 11.9 Å². The lowest BCUT2D eigenvalue weighted by atomic mass is 9.86. The summed E-state index contributed by atoms with van der Waals surface area (Å²) >= 11 is 0. The molecule has 2 unspecified atom stereocenters. The second-order valence-corrected chi connectivity index (χ2v) is 5.98. The number of nitrogens with zero attached hydrogens (tertiary/aromatic N) is 1. The average Bonchev–Trinajstić information content (AvgIpc) is 2.38. The van der Waals surface area contributed by atoms with Crippen LogP contribution in [0.15, 0.2) is 0 Å². The van der Waals surface area contributed by atoms with Gasteiger partial charge in [-0.15, -0.1) is 0 Å². The summed E-state index contributed by atoms with van der Waals surface area (Å²) in [6.45, 7) is 5.43. The summed E-state index contributed by atoms with van der Waals surface area (Å²) in [6, 6.07) is -0.146. The molecular weight excluding hydrogens is 254 g/mol. The minimum Gasteiger partial charge on any atom is -0.335 e. The van der Waals surface area contributed by atoms with Crippen LogP contribution in [0.1, 0.15) is 52.4 Å². The van der Waals surface area contributed by atoms with E-state index in [-0.39, 0.29) is 24.5 Å². The molecule has 3 amide bonds. The van der Waals surface area contributed by atoms with Crippen LogP contribution < -0.4 is 10.6 Å². The van der Waals surface area contributed by atoms with E-state index in [1.165, 1.54) is 6.42 Å². The Bertz CT molecular complexity index is 320. The van der Waals surface area contributed by atoms with Crippen LogP contribution in [0.5, 0.6) is 0 Å². The number of unbranched alkanes of at least 4 members (excludes halogenated alkanes) is 1. The van der Waals surface area contributed by atoms with Crippen molar-refractivity contribution in [2.24, 2.45) is 5.92 Å². The molecule has 1 aliphatic carbocycles. The highest BCUT2D eigenvalue weighted by Crippen LogP contribution is 2.23. The molecule has 116 valence electrons. The zero-order valence-electron chi connectivity index (χ0n) is 13.1. The molecule has 0 spiro atoms. The Morgan fingerprint density at radius 3 is 2.60 bits per heavy atom. The van der Waals surface area contributed by atoms with Crippen LogP contribution in [0, 0.1) is 5.92 Å². The summed E-state index contributed by atoms with van der Waals surface area (Å²) in [5.41, 5.74) is 0. The first-order chi connectivity index (χ1) is 9.52. The highest BCUT2D eigenvalue weighted by molar-refractivity contribution is 5.95. The van der Waals surface area contributed by atoms with Gasteiger partial charge >= 0.3 is 6.03 Å². The highest BCUT2D eigenvalue weighted by Gasteiger charge is 2.23. The minimum absolute atomic E-state index is 0.203. The Hall–Kier alpha value is -1.10. The quantitative estimate of drug-likeness (QED) is 0.785. The number of nitrogens with one attached hydrogen (secondary N) is 2. The standard InChI is InChI=1S/C15H29N3O2/c1-4-5-10-18(3)11-14(19)17-15(20)16-13-9-7-6-8-12(13)2/h12-13H,4-11H2,1-3H3,(H2,16,17,19,20). The van der Waals surface area contributed by atoms with Gasteiger partial charge in [-0.1, -0.05) is 33.1 Å². The molecule has 0 aliphatic heterocycles. The normalized spacial score (nSPS) is 22.6. The minimum atomic E-state index is -0.349. The van der Waals surface area contributed by atoms with Crippen molar-refractivity contribution in [2.45, 2.75) is 58.4 Å². The molecule has 0 aromatic rings. The molecule has 0 bridgehead atoms. The van der Waals surface area contributed by atoms with Crippen molar-refractivity contribution in [2.75, 3.05) is 20.1 Å². The smallest absolute Gasteiger partial charge is 0.321 e. The van der Waals surface area contributed by atoms with Crippen molar-refractivity contribution in [1.82, 2.24) is 15.5 Å². The van der Waals surface area contributed by atoms with Gasteiger partial charge in [0.25, 0.3) is 0 Å². The van der Waals surface area contributed by atoms with Crippen LogP contribution in [-0.4, -0.2) is 43.0 Å². The maximum Gasteiger partial charge on any atom is 0.321 e. The lowest BCUT2D eigenvalue weighted by molar-refractivity contribution is -0.120. The summed E-state index contributed by atoms with van der Waals surface area (Å²) in [5.74, 6) is 0.265. The molecule has 0 heterocycles. The molecule has 0 aromatic heterocycles. The number of carbonyl (C=O) groups is 2. The third-order valence-electron chi connectivity index (χ3n) is 3.99. The Labute approximate surface area is 122 Å². The SMILES string of the molecule is CCCCN(C)CC(=O)NC(=O)NC1CCCCC1C. The van der Waals surface area contributed by atoms with Crippen LogP contribution >= 0.6 is 0 Å². The van der Waals surface area contributed by atoms with E-state index < -0.39 is 0 Å². The number of hydrogen-bond acceptors (Lipinski definition) is 3. The fourth-order valence-electron chi connectivity index (χ4n) is 2.65. The largest absolute Gasteiger partial charge is 0.335 e. The van der Waals surface area contributed by atoms with Gasteiger partial charge in [0.15, 0.2) is 0 Å². The molecule has 1 rings (SSSR count). The van der Waals surface area contributed by atoms with Crippen LogP contribution in [0.4, 0.5) is 4.79 Å². The lowest BCUT2D eigenvalue weighted by Gasteiger charge is -2.29. The van der Waals surface area contributed by atoms with Crippen molar-refractivity contribution in [3.8, 4) is 0 Å². The summed E-state index contributed by atoms with van der Waals surface area (Å²) in [5, 5.41) is 5.35. The van der Waals surface area contributed by atoms with Gasteiger partial charge in [0.1, 0.15) is 0 Å². The van der Waals surface area contributed by atoms with Crippen LogP contribution in [0.25, 0.3) is 0 Å². The maximum absolute atomic E-state index is 11.8. The van der Waals surface area contributed by atoms with E-state index in [0.717, 1.165) is 38.6 Å². The molecule has 0 saturated heterocycles. The van der Waals surface area contributed by atoms with Crippen molar-refractivity contribution in [3.63, 3.8) is 0 Å². The molecule has 1 aliphatic rings. The summed E-state index contributed by atoms with van der Waals surface area (Å²) in [4.78, 5) is 25.5. The molecule has 2 atom stereocenters. The number of hydrogen-bond donors (Lipinski definition) is 2. The lowest BCUT2D eigenvalue weighted by Crippen LogP contribution is -2.49. The Morgan fingerprint density at radius 2 is 1.95 bits per heavy atom. The molecule has 1 saturated carbocycles. The van der Waals surface area contributed by atoms with Crippen molar-refractivity contribution in [1.29, 1.82) is 0 Å². The second-order valence-electron chi connectivity index (χ2n) is 5.98. The monoisotopic (exact) mass is 283 g/mol. The van der Waals surface area contributed by atoms with Gasteiger partial charge in [-0.25, -0.2) is 4.79 Å². The summed E-state index contributed by atoms with van der Waals surface area (Å²) < 4.78 is 0. The fourth-order valence-corrected chi connectivity index (χ4v) is 2.65. The number of amides is 3. The average molecular weight is 283 g/mol. The topological polar surface area (TPSA) is 61.4 Å². The van der Waals surface area contributed by atoms with Gasteiger partial charge in [0.05, 0.1) is 6.54 Å². The van der Waals surface area contributed by atoms with E-state index in [4.69, 9.17) is 0 Å². The zero-order chi connectivity index (χ0) is 15.0. The number of rotatable bonds is 6.